The summed E-state index contributed by atoms with van der Waals surface area (Å²) in [5.74, 6) is -4.30. The first-order chi connectivity index (χ1) is 13.7. The summed E-state index contributed by atoms with van der Waals surface area (Å²) in [6, 6.07) is 9.95. The maximum Gasteiger partial charge on any atom is 0.419 e. The molecule has 0 saturated heterocycles. The van der Waals surface area contributed by atoms with Crippen LogP contribution in [0.2, 0.25) is 0 Å². The number of nitrogens with two attached hydrogens (primary N) is 1. The van der Waals surface area contributed by atoms with Gasteiger partial charge in [0.1, 0.15) is 11.2 Å². The van der Waals surface area contributed by atoms with E-state index in [4.69, 9.17) is 10.5 Å². The summed E-state index contributed by atoms with van der Waals surface area (Å²) in [7, 11) is 0. The Morgan fingerprint density at radius 3 is 2.34 bits per heavy atom. The van der Waals surface area contributed by atoms with Crippen molar-refractivity contribution in [3.63, 3.8) is 0 Å². The van der Waals surface area contributed by atoms with Crippen LogP contribution in [0.5, 0.6) is 5.75 Å². The lowest BCUT2D eigenvalue weighted by molar-refractivity contribution is -0.140. The van der Waals surface area contributed by atoms with Gasteiger partial charge in [-0.3, -0.25) is 0 Å². The fraction of sp³-hybridized carbons (Fsp3) is 0.105. The van der Waals surface area contributed by atoms with Gasteiger partial charge >= 0.3 is 6.18 Å². The molecule has 0 amide bonds. The van der Waals surface area contributed by atoms with E-state index in [0.717, 1.165) is 0 Å². The third kappa shape index (κ3) is 4.76. The molecule has 4 nitrogen and oxygen atoms in total. The zero-order valence-electron chi connectivity index (χ0n) is 14.5. The van der Waals surface area contributed by atoms with Crippen molar-refractivity contribution in [3.8, 4) is 5.75 Å². The molecule has 3 aromatic rings. The highest BCUT2D eigenvalue weighted by molar-refractivity contribution is 9.10. The highest BCUT2D eigenvalue weighted by atomic mass is 79.9. The van der Waals surface area contributed by atoms with Crippen molar-refractivity contribution in [2.75, 3.05) is 11.1 Å². The summed E-state index contributed by atoms with van der Waals surface area (Å²) >= 11 is 3.09. The largest absolute Gasteiger partial charge is 0.483 e. The van der Waals surface area contributed by atoms with E-state index < -0.39 is 34.8 Å². The lowest BCUT2D eigenvalue weighted by Gasteiger charge is -2.18. The lowest BCUT2D eigenvalue weighted by Crippen LogP contribution is -2.13. The summed E-state index contributed by atoms with van der Waals surface area (Å²) in [4.78, 5) is 3.88. The third-order valence-corrected chi connectivity index (χ3v) is 4.30. The summed E-state index contributed by atoms with van der Waals surface area (Å²) in [5, 5.41) is 2.42. The summed E-state index contributed by atoms with van der Waals surface area (Å²) in [6.07, 6.45) is -3.87. The molecule has 0 unspecified atom stereocenters. The Morgan fingerprint density at radius 2 is 1.72 bits per heavy atom. The number of aromatic nitrogens is 1. The van der Waals surface area contributed by atoms with Crippen LogP contribution in [-0.2, 0) is 12.8 Å². The molecular formula is C19H13BrF5N3O. The second-order valence-corrected chi connectivity index (χ2v) is 6.73. The maximum atomic E-state index is 14.8. The molecule has 3 N–H and O–H groups in total. The molecule has 0 atom stereocenters. The predicted octanol–water partition coefficient (Wildman–Crippen LogP) is 6.05. The number of nitrogen functional groups attached to an aromatic ring is 1. The highest BCUT2D eigenvalue weighted by Crippen LogP contribution is 2.41. The van der Waals surface area contributed by atoms with E-state index in [1.165, 1.54) is 12.3 Å². The fourth-order valence-electron chi connectivity index (χ4n) is 2.46. The molecule has 10 heteroatoms. The van der Waals surface area contributed by atoms with Gasteiger partial charge in [-0.15, -0.1) is 0 Å². The van der Waals surface area contributed by atoms with Crippen molar-refractivity contribution < 1.29 is 26.7 Å². The Balaban J connectivity index is 2.03. The van der Waals surface area contributed by atoms with E-state index in [9.17, 15) is 22.0 Å². The molecule has 0 spiro atoms. The number of benzene rings is 2. The minimum atomic E-state index is -5.07. The Kier molecular flexibility index (Phi) is 5.92. The summed E-state index contributed by atoms with van der Waals surface area (Å²) in [6.45, 7) is -0.322. The van der Waals surface area contributed by atoms with Crippen molar-refractivity contribution >= 4 is 33.0 Å². The Morgan fingerprint density at radius 1 is 1.03 bits per heavy atom. The van der Waals surface area contributed by atoms with Crippen LogP contribution >= 0.6 is 15.9 Å². The van der Waals surface area contributed by atoms with Gasteiger partial charge in [-0.2, -0.15) is 13.2 Å². The Labute approximate surface area is 170 Å². The van der Waals surface area contributed by atoms with Gasteiger partial charge in [0.15, 0.2) is 17.4 Å². The van der Waals surface area contributed by atoms with Gasteiger partial charge in [0.05, 0.1) is 28.8 Å². The van der Waals surface area contributed by atoms with E-state index in [-0.39, 0.29) is 18.0 Å². The van der Waals surface area contributed by atoms with Crippen molar-refractivity contribution in [3.05, 3.63) is 76.0 Å². The molecule has 29 heavy (non-hydrogen) atoms. The first kappa shape index (κ1) is 20.8. The van der Waals surface area contributed by atoms with Crippen LogP contribution in [0.4, 0.5) is 39.0 Å². The van der Waals surface area contributed by atoms with Crippen LogP contribution in [0, 0.1) is 11.6 Å². The number of hydrogen-bond acceptors (Lipinski definition) is 4. The van der Waals surface area contributed by atoms with Gasteiger partial charge in [-0.05, 0) is 33.6 Å². The standard InChI is InChI=1S/C19H13BrF5N3O/c20-15-7-12(26)14(8-27-15)28-13-6-11(19(23,24)25)16(21)18(17(13)22)29-9-10-4-2-1-3-5-10/h1-8,28H,9H2,(H2,26,27). The Hall–Kier alpha value is -2.88. The number of alkyl halides is 3. The lowest BCUT2D eigenvalue weighted by atomic mass is 10.1. The topological polar surface area (TPSA) is 60.2 Å². The monoisotopic (exact) mass is 473 g/mol. The highest BCUT2D eigenvalue weighted by Gasteiger charge is 2.38. The zero-order valence-corrected chi connectivity index (χ0v) is 16.1. The smallest absolute Gasteiger partial charge is 0.419 e. The van der Waals surface area contributed by atoms with E-state index in [1.54, 1.807) is 30.3 Å². The Bertz CT molecular complexity index is 1030. The molecule has 3 rings (SSSR count). The van der Waals surface area contributed by atoms with Crippen LogP contribution in [0.15, 0.2) is 53.3 Å². The van der Waals surface area contributed by atoms with Crippen molar-refractivity contribution in [1.82, 2.24) is 4.98 Å². The molecule has 1 aromatic heterocycles. The van der Waals surface area contributed by atoms with Crippen LogP contribution < -0.4 is 15.8 Å². The third-order valence-electron chi connectivity index (χ3n) is 3.86. The van der Waals surface area contributed by atoms with Crippen LogP contribution in [-0.4, -0.2) is 4.98 Å². The second kappa shape index (κ2) is 8.24. The molecule has 152 valence electrons. The molecule has 1 heterocycles. The number of nitrogens with one attached hydrogen (secondary N) is 1. The predicted molar refractivity (Wildman–Crippen MR) is 102 cm³/mol. The first-order valence-electron chi connectivity index (χ1n) is 8.10. The zero-order chi connectivity index (χ0) is 21.2. The first-order valence-corrected chi connectivity index (χ1v) is 8.90. The van der Waals surface area contributed by atoms with Gasteiger partial charge in [-0.1, -0.05) is 30.3 Å². The molecule has 0 aliphatic rings. The molecular weight excluding hydrogens is 461 g/mol. The van der Waals surface area contributed by atoms with Crippen molar-refractivity contribution in [2.24, 2.45) is 0 Å². The number of pyridine rings is 1. The van der Waals surface area contributed by atoms with Crippen molar-refractivity contribution in [1.29, 1.82) is 0 Å². The van der Waals surface area contributed by atoms with Crippen LogP contribution in [0.25, 0.3) is 0 Å². The number of halogens is 6. The molecule has 0 aliphatic heterocycles. The van der Waals surface area contributed by atoms with E-state index in [1.807, 2.05) is 0 Å². The number of hydrogen-bond donors (Lipinski definition) is 2. The molecule has 0 radical (unpaired) electrons. The van der Waals surface area contributed by atoms with Crippen LogP contribution in [0.3, 0.4) is 0 Å². The van der Waals surface area contributed by atoms with Gasteiger partial charge < -0.3 is 15.8 Å². The van der Waals surface area contributed by atoms with Gasteiger partial charge in [0.25, 0.3) is 0 Å². The SMILES string of the molecule is Nc1cc(Br)ncc1Nc1cc(C(F)(F)F)c(F)c(OCc2ccccc2)c1F. The quantitative estimate of drug-likeness (QED) is 0.350. The maximum absolute atomic E-state index is 14.8. The van der Waals surface area contributed by atoms with Gasteiger partial charge in [0, 0.05) is 0 Å². The average Bonchev–Trinajstić information content (AvgIpc) is 2.65. The molecule has 0 fully saturated rings. The number of nitrogens with zero attached hydrogens (tertiary/aromatic N) is 1. The average molecular weight is 474 g/mol. The van der Waals surface area contributed by atoms with Crippen molar-refractivity contribution in [2.45, 2.75) is 12.8 Å². The van der Waals surface area contributed by atoms with E-state index in [2.05, 4.69) is 26.2 Å². The minimum Gasteiger partial charge on any atom is -0.483 e. The van der Waals surface area contributed by atoms with E-state index >= 15 is 0 Å². The molecule has 2 aromatic carbocycles. The van der Waals surface area contributed by atoms with Crippen LogP contribution in [0.1, 0.15) is 11.1 Å². The molecule has 0 bridgehead atoms. The van der Waals surface area contributed by atoms with E-state index in [0.29, 0.717) is 16.2 Å². The fourth-order valence-corrected chi connectivity index (χ4v) is 2.81. The summed E-state index contributed by atoms with van der Waals surface area (Å²) < 4.78 is 74.6. The number of ether oxygens (including phenoxy) is 1. The van der Waals surface area contributed by atoms with Gasteiger partial charge in [0.2, 0.25) is 0 Å². The molecule has 0 aliphatic carbocycles. The molecule has 0 saturated carbocycles. The summed E-state index contributed by atoms with van der Waals surface area (Å²) in [5.41, 5.74) is 4.10. The minimum absolute atomic E-state index is 0.0424. The number of anilines is 3. The van der Waals surface area contributed by atoms with Gasteiger partial charge in [-0.25, -0.2) is 13.8 Å². The normalized spacial score (nSPS) is 11.4. The second-order valence-electron chi connectivity index (χ2n) is 5.92. The number of rotatable bonds is 5.